The summed E-state index contributed by atoms with van der Waals surface area (Å²) in [6.45, 7) is 4.26. The number of pyridine rings is 1. The summed E-state index contributed by atoms with van der Waals surface area (Å²) in [5.41, 5.74) is 1.13. The molecule has 0 aliphatic heterocycles. The molecule has 2 atom stereocenters. The van der Waals surface area contributed by atoms with E-state index >= 15 is 0 Å². The van der Waals surface area contributed by atoms with Gasteiger partial charge in [-0.15, -0.1) is 0 Å². The molecule has 15 heavy (non-hydrogen) atoms. The zero-order chi connectivity index (χ0) is 10.7. The molecule has 1 aromatic heterocycles. The van der Waals surface area contributed by atoms with Crippen LogP contribution in [0.2, 0.25) is 0 Å². The predicted octanol–water partition coefficient (Wildman–Crippen LogP) is 1.84. The fraction of sp³-hybridized carbons (Fsp3) is 0.583. The number of methoxy groups -OCH3 is 1. The third kappa shape index (κ3) is 2.69. The molecular formula is C12H18N2O. The quantitative estimate of drug-likeness (QED) is 0.798. The summed E-state index contributed by atoms with van der Waals surface area (Å²) in [4.78, 5) is 4.16. The predicted molar refractivity (Wildman–Crippen MR) is 59.8 cm³/mol. The van der Waals surface area contributed by atoms with Gasteiger partial charge in [-0.05, 0) is 30.9 Å². The summed E-state index contributed by atoms with van der Waals surface area (Å²) in [6.07, 6.45) is 3.13. The van der Waals surface area contributed by atoms with Gasteiger partial charge in [0.15, 0.2) is 0 Å². The minimum absolute atomic E-state index is 0.730. The zero-order valence-corrected chi connectivity index (χ0v) is 9.36. The Morgan fingerprint density at radius 2 is 2.40 bits per heavy atom. The number of nitrogens with one attached hydrogen (secondary N) is 1. The minimum atomic E-state index is 0.730. The van der Waals surface area contributed by atoms with Crippen molar-refractivity contribution in [3.05, 3.63) is 23.9 Å². The molecule has 0 aromatic carbocycles. The highest BCUT2D eigenvalue weighted by Crippen LogP contribution is 2.36. The van der Waals surface area contributed by atoms with Gasteiger partial charge in [0.05, 0.1) is 7.11 Å². The van der Waals surface area contributed by atoms with Gasteiger partial charge in [0.2, 0.25) is 5.88 Å². The lowest BCUT2D eigenvalue weighted by Gasteiger charge is -2.07. The molecule has 1 aliphatic rings. The average Bonchev–Trinajstić information content (AvgIpc) is 2.95. The van der Waals surface area contributed by atoms with Crippen LogP contribution < -0.4 is 10.1 Å². The minimum Gasteiger partial charge on any atom is -0.481 e. The topological polar surface area (TPSA) is 34.1 Å². The molecule has 1 aromatic rings. The zero-order valence-electron chi connectivity index (χ0n) is 9.36. The molecule has 1 fully saturated rings. The Labute approximate surface area is 90.9 Å². The molecular weight excluding hydrogens is 188 g/mol. The molecule has 2 rings (SSSR count). The fourth-order valence-electron chi connectivity index (χ4n) is 1.82. The molecule has 1 heterocycles. The highest BCUT2D eigenvalue weighted by Gasteiger charge is 2.31. The molecule has 1 aliphatic carbocycles. The van der Waals surface area contributed by atoms with E-state index in [1.165, 1.54) is 6.42 Å². The van der Waals surface area contributed by atoms with Crippen LogP contribution in [0, 0.1) is 11.8 Å². The van der Waals surface area contributed by atoms with Crippen molar-refractivity contribution in [2.75, 3.05) is 13.7 Å². The van der Waals surface area contributed by atoms with Gasteiger partial charge < -0.3 is 10.1 Å². The Hall–Kier alpha value is -1.09. The van der Waals surface area contributed by atoms with Gasteiger partial charge >= 0.3 is 0 Å². The maximum absolute atomic E-state index is 5.19. The third-order valence-corrected chi connectivity index (χ3v) is 3.04. The maximum atomic E-state index is 5.19. The Kier molecular flexibility index (Phi) is 3.21. The van der Waals surface area contributed by atoms with Gasteiger partial charge in [0.1, 0.15) is 0 Å². The van der Waals surface area contributed by atoms with Gasteiger partial charge in [-0.1, -0.05) is 13.0 Å². The van der Waals surface area contributed by atoms with E-state index in [1.807, 2.05) is 6.07 Å². The first-order valence-corrected chi connectivity index (χ1v) is 5.50. The van der Waals surface area contributed by atoms with Crippen LogP contribution in [-0.4, -0.2) is 18.6 Å². The number of rotatable bonds is 5. The Bertz CT molecular complexity index is 327. The average molecular weight is 206 g/mol. The van der Waals surface area contributed by atoms with Crippen molar-refractivity contribution in [3.63, 3.8) is 0 Å². The van der Waals surface area contributed by atoms with Crippen LogP contribution in [0.1, 0.15) is 18.9 Å². The van der Waals surface area contributed by atoms with Gasteiger partial charge in [-0.3, -0.25) is 0 Å². The number of hydrogen-bond donors (Lipinski definition) is 1. The van der Waals surface area contributed by atoms with Crippen LogP contribution in [0.25, 0.3) is 0 Å². The normalized spacial score (nSPS) is 23.9. The van der Waals surface area contributed by atoms with Crippen LogP contribution in [0.4, 0.5) is 0 Å². The SMILES string of the molecule is COc1ncccc1CNCC1CC1C. The van der Waals surface area contributed by atoms with Crippen LogP contribution in [0.15, 0.2) is 18.3 Å². The van der Waals surface area contributed by atoms with E-state index in [2.05, 4.69) is 23.3 Å². The van der Waals surface area contributed by atoms with Gasteiger partial charge in [-0.25, -0.2) is 4.98 Å². The molecule has 0 bridgehead atoms. The Morgan fingerprint density at radius 1 is 1.60 bits per heavy atom. The first-order valence-electron chi connectivity index (χ1n) is 5.50. The molecule has 1 saturated carbocycles. The lowest BCUT2D eigenvalue weighted by molar-refractivity contribution is 0.390. The highest BCUT2D eigenvalue weighted by atomic mass is 16.5. The van der Waals surface area contributed by atoms with Crippen LogP contribution >= 0.6 is 0 Å². The number of ether oxygens (including phenoxy) is 1. The molecule has 0 spiro atoms. The van der Waals surface area contributed by atoms with E-state index in [1.54, 1.807) is 13.3 Å². The summed E-state index contributed by atoms with van der Waals surface area (Å²) < 4.78 is 5.19. The van der Waals surface area contributed by atoms with Crippen molar-refractivity contribution in [1.82, 2.24) is 10.3 Å². The maximum Gasteiger partial charge on any atom is 0.217 e. The van der Waals surface area contributed by atoms with Crippen LogP contribution in [-0.2, 0) is 6.54 Å². The summed E-state index contributed by atoms with van der Waals surface area (Å²) in [5.74, 6) is 2.52. The number of hydrogen-bond acceptors (Lipinski definition) is 3. The second-order valence-corrected chi connectivity index (χ2v) is 4.28. The summed E-state index contributed by atoms with van der Waals surface area (Å²) >= 11 is 0. The van der Waals surface area contributed by atoms with Gasteiger partial charge in [0, 0.05) is 18.3 Å². The second kappa shape index (κ2) is 4.62. The highest BCUT2D eigenvalue weighted by molar-refractivity contribution is 5.24. The van der Waals surface area contributed by atoms with E-state index in [9.17, 15) is 0 Å². The number of aromatic nitrogens is 1. The van der Waals surface area contributed by atoms with E-state index in [0.717, 1.165) is 36.4 Å². The van der Waals surface area contributed by atoms with Crippen molar-refractivity contribution in [2.45, 2.75) is 19.9 Å². The van der Waals surface area contributed by atoms with Gasteiger partial charge in [0.25, 0.3) is 0 Å². The van der Waals surface area contributed by atoms with Crippen molar-refractivity contribution in [3.8, 4) is 5.88 Å². The van der Waals surface area contributed by atoms with Crippen LogP contribution in [0.3, 0.4) is 0 Å². The molecule has 2 unspecified atom stereocenters. The van der Waals surface area contributed by atoms with Crippen molar-refractivity contribution in [2.24, 2.45) is 11.8 Å². The lowest BCUT2D eigenvalue weighted by atomic mass is 10.2. The molecule has 0 amide bonds. The Morgan fingerprint density at radius 3 is 3.07 bits per heavy atom. The lowest BCUT2D eigenvalue weighted by Crippen LogP contribution is -2.17. The van der Waals surface area contributed by atoms with E-state index in [-0.39, 0.29) is 0 Å². The smallest absolute Gasteiger partial charge is 0.217 e. The van der Waals surface area contributed by atoms with Crippen LogP contribution in [0.5, 0.6) is 5.88 Å². The molecule has 3 heteroatoms. The second-order valence-electron chi connectivity index (χ2n) is 4.28. The fourth-order valence-corrected chi connectivity index (χ4v) is 1.82. The molecule has 3 nitrogen and oxygen atoms in total. The first-order chi connectivity index (χ1) is 7.31. The monoisotopic (exact) mass is 206 g/mol. The van der Waals surface area contributed by atoms with E-state index in [0.29, 0.717) is 0 Å². The van der Waals surface area contributed by atoms with Crippen molar-refractivity contribution < 1.29 is 4.74 Å². The summed E-state index contributed by atoms with van der Waals surface area (Å²) in [6, 6.07) is 3.99. The molecule has 1 N–H and O–H groups in total. The first kappa shape index (κ1) is 10.4. The van der Waals surface area contributed by atoms with Crippen molar-refractivity contribution >= 4 is 0 Å². The van der Waals surface area contributed by atoms with Crippen molar-refractivity contribution in [1.29, 1.82) is 0 Å². The molecule has 82 valence electrons. The van der Waals surface area contributed by atoms with E-state index < -0.39 is 0 Å². The third-order valence-electron chi connectivity index (χ3n) is 3.04. The van der Waals surface area contributed by atoms with E-state index in [4.69, 9.17) is 4.74 Å². The number of nitrogens with zero attached hydrogens (tertiary/aromatic N) is 1. The molecule has 0 radical (unpaired) electrons. The molecule has 0 saturated heterocycles. The largest absolute Gasteiger partial charge is 0.481 e. The standard InChI is InChI=1S/C12H18N2O/c1-9-6-11(9)8-13-7-10-4-3-5-14-12(10)15-2/h3-5,9,11,13H,6-8H2,1-2H3. The summed E-state index contributed by atoms with van der Waals surface area (Å²) in [7, 11) is 1.66. The van der Waals surface area contributed by atoms with Gasteiger partial charge in [-0.2, -0.15) is 0 Å². The summed E-state index contributed by atoms with van der Waals surface area (Å²) in [5, 5.41) is 3.45. The Balaban J connectivity index is 1.81.